The third-order valence-electron chi connectivity index (χ3n) is 2.28. The molecule has 0 aliphatic heterocycles. The smallest absolute Gasteiger partial charge is 0.189 e. The third kappa shape index (κ3) is 1.55. The largest absolute Gasteiger partial charge is 0.322 e. The summed E-state index contributed by atoms with van der Waals surface area (Å²) >= 11 is 0. The highest BCUT2D eigenvalue weighted by Gasteiger charge is 2.27. The molecular formula is C8H13N3O2S. The van der Waals surface area contributed by atoms with Crippen molar-refractivity contribution < 1.29 is 8.42 Å². The Kier molecular flexibility index (Phi) is 2.11. The van der Waals surface area contributed by atoms with E-state index in [4.69, 9.17) is 0 Å². The van der Waals surface area contributed by atoms with Gasteiger partial charge in [0.15, 0.2) is 0 Å². The molecule has 2 rings (SSSR count). The van der Waals surface area contributed by atoms with Crippen molar-refractivity contribution in [3.05, 3.63) is 18.0 Å². The van der Waals surface area contributed by atoms with E-state index in [2.05, 4.69) is 5.10 Å². The minimum atomic E-state index is -3.42. The van der Waals surface area contributed by atoms with Gasteiger partial charge in [0.2, 0.25) is 0 Å². The molecule has 0 bridgehead atoms. The van der Waals surface area contributed by atoms with Crippen LogP contribution in [0.2, 0.25) is 0 Å². The number of hydrogen-bond donors (Lipinski definition) is 0. The third-order valence-corrected chi connectivity index (χ3v) is 3.88. The molecule has 1 aliphatic rings. The quantitative estimate of drug-likeness (QED) is 0.734. The average molecular weight is 215 g/mol. The van der Waals surface area contributed by atoms with Gasteiger partial charge in [0.05, 0.1) is 5.69 Å². The van der Waals surface area contributed by atoms with Gasteiger partial charge in [0.25, 0.3) is 0 Å². The van der Waals surface area contributed by atoms with Gasteiger partial charge in [0, 0.05) is 26.2 Å². The van der Waals surface area contributed by atoms with Crippen LogP contribution in [0.4, 0.5) is 0 Å². The fraction of sp³-hybridized carbons (Fsp3) is 0.625. The molecule has 0 aromatic carbocycles. The first kappa shape index (κ1) is 9.67. The highest BCUT2D eigenvalue weighted by molar-refractivity contribution is 7.87. The van der Waals surface area contributed by atoms with Crippen molar-refractivity contribution in [1.29, 1.82) is 0 Å². The zero-order valence-corrected chi connectivity index (χ0v) is 9.03. The Hall–Kier alpha value is -0.880. The van der Waals surface area contributed by atoms with E-state index in [-0.39, 0.29) is 0 Å². The summed E-state index contributed by atoms with van der Waals surface area (Å²) < 4.78 is 25.4. The van der Waals surface area contributed by atoms with E-state index in [0.717, 1.165) is 26.9 Å². The van der Waals surface area contributed by atoms with E-state index < -0.39 is 10.2 Å². The summed E-state index contributed by atoms with van der Waals surface area (Å²) in [7, 11) is -0.435. The van der Waals surface area contributed by atoms with E-state index in [9.17, 15) is 8.42 Å². The molecule has 5 nitrogen and oxygen atoms in total. The van der Waals surface area contributed by atoms with Gasteiger partial charge in [-0.15, -0.1) is 0 Å². The molecule has 1 saturated carbocycles. The Labute approximate surface area is 83.5 Å². The van der Waals surface area contributed by atoms with Gasteiger partial charge in [0.1, 0.15) is 0 Å². The summed E-state index contributed by atoms with van der Waals surface area (Å²) in [5.41, 5.74) is 0.885. The van der Waals surface area contributed by atoms with Crippen LogP contribution < -0.4 is 0 Å². The van der Waals surface area contributed by atoms with Crippen LogP contribution >= 0.6 is 0 Å². The predicted molar refractivity (Wildman–Crippen MR) is 52.2 cm³/mol. The number of rotatable bonds is 3. The SMILES string of the molecule is CN(C)S(=O)(=O)n1ccc(C2CC2)n1. The van der Waals surface area contributed by atoms with Gasteiger partial charge in [-0.3, -0.25) is 0 Å². The van der Waals surface area contributed by atoms with Crippen molar-refractivity contribution in [2.45, 2.75) is 18.8 Å². The first-order valence-electron chi connectivity index (χ1n) is 4.50. The van der Waals surface area contributed by atoms with Crippen molar-refractivity contribution in [3.8, 4) is 0 Å². The summed E-state index contributed by atoms with van der Waals surface area (Å²) in [6.45, 7) is 0. The highest BCUT2D eigenvalue weighted by Crippen LogP contribution is 2.38. The zero-order chi connectivity index (χ0) is 10.3. The van der Waals surface area contributed by atoms with Crippen LogP contribution in [-0.2, 0) is 10.2 Å². The molecule has 1 aromatic rings. The Balaban J connectivity index is 2.32. The molecule has 6 heteroatoms. The molecule has 0 atom stereocenters. The van der Waals surface area contributed by atoms with Gasteiger partial charge in [-0.1, -0.05) is 0 Å². The highest BCUT2D eigenvalue weighted by atomic mass is 32.2. The molecule has 0 amide bonds. The van der Waals surface area contributed by atoms with Gasteiger partial charge < -0.3 is 0 Å². The molecule has 0 spiro atoms. The monoisotopic (exact) mass is 215 g/mol. The van der Waals surface area contributed by atoms with E-state index >= 15 is 0 Å². The molecule has 1 fully saturated rings. The minimum Gasteiger partial charge on any atom is -0.189 e. The number of nitrogens with zero attached hydrogens (tertiary/aromatic N) is 3. The molecule has 1 aliphatic carbocycles. The molecular weight excluding hydrogens is 202 g/mol. The second-order valence-corrected chi connectivity index (χ2v) is 5.68. The van der Waals surface area contributed by atoms with Crippen molar-refractivity contribution in [2.24, 2.45) is 0 Å². The van der Waals surface area contributed by atoms with Crippen LogP contribution in [0, 0.1) is 0 Å². The van der Waals surface area contributed by atoms with Crippen LogP contribution in [0.15, 0.2) is 12.3 Å². The normalized spacial score (nSPS) is 17.6. The Bertz CT molecular complexity index is 431. The van der Waals surface area contributed by atoms with Crippen molar-refractivity contribution in [2.75, 3.05) is 14.1 Å². The lowest BCUT2D eigenvalue weighted by molar-refractivity contribution is 0.503. The first-order chi connectivity index (χ1) is 6.51. The van der Waals surface area contributed by atoms with E-state index in [0.29, 0.717) is 5.92 Å². The van der Waals surface area contributed by atoms with E-state index in [1.165, 1.54) is 20.3 Å². The van der Waals surface area contributed by atoms with Gasteiger partial charge in [-0.2, -0.15) is 21.9 Å². The van der Waals surface area contributed by atoms with Crippen LogP contribution in [0.3, 0.4) is 0 Å². The summed E-state index contributed by atoms with van der Waals surface area (Å²) in [6.07, 6.45) is 3.75. The molecule has 0 unspecified atom stereocenters. The lowest BCUT2D eigenvalue weighted by atomic mass is 10.3. The number of hydrogen-bond acceptors (Lipinski definition) is 3. The first-order valence-corrected chi connectivity index (χ1v) is 5.90. The van der Waals surface area contributed by atoms with E-state index in [1.54, 1.807) is 6.07 Å². The molecule has 14 heavy (non-hydrogen) atoms. The van der Waals surface area contributed by atoms with Crippen LogP contribution in [0.1, 0.15) is 24.5 Å². The molecule has 1 heterocycles. The summed E-state index contributed by atoms with van der Waals surface area (Å²) in [6, 6.07) is 1.78. The summed E-state index contributed by atoms with van der Waals surface area (Å²) in [5, 5.41) is 4.05. The lowest BCUT2D eigenvalue weighted by Gasteiger charge is -2.10. The maximum absolute atomic E-state index is 11.6. The average Bonchev–Trinajstić information content (AvgIpc) is 2.83. The Morgan fingerprint density at radius 1 is 1.50 bits per heavy atom. The van der Waals surface area contributed by atoms with Crippen molar-refractivity contribution in [1.82, 2.24) is 13.5 Å². The predicted octanol–water partition coefficient (Wildman–Crippen LogP) is 0.415. The molecule has 0 saturated heterocycles. The fourth-order valence-corrected chi connectivity index (χ4v) is 1.96. The maximum atomic E-state index is 11.6. The van der Waals surface area contributed by atoms with E-state index in [1.807, 2.05) is 0 Å². The number of aromatic nitrogens is 2. The topological polar surface area (TPSA) is 55.2 Å². The van der Waals surface area contributed by atoms with Crippen molar-refractivity contribution in [3.63, 3.8) is 0 Å². The van der Waals surface area contributed by atoms with Crippen LogP contribution in [-0.4, -0.2) is 36.0 Å². The second kappa shape index (κ2) is 3.06. The Morgan fingerprint density at radius 2 is 2.14 bits per heavy atom. The molecule has 1 aromatic heterocycles. The van der Waals surface area contributed by atoms with Crippen LogP contribution in [0.25, 0.3) is 0 Å². The summed E-state index contributed by atoms with van der Waals surface area (Å²) in [4.78, 5) is 0. The van der Waals surface area contributed by atoms with Crippen LogP contribution in [0.5, 0.6) is 0 Å². The Morgan fingerprint density at radius 3 is 2.64 bits per heavy atom. The maximum Gasteiger partial charge on any atom is 0.322 e. The lowest BCUT2D eigenvalue weighted by Crippen LogP contribution is -2.29. The zero-order valence-electron chi connectivity index (χ0n) is 8.21. The minimum absolute atomic E-state index is 0.480. The molecule has 0 N–H and O–H groups in total. The van der Waals surface area contributed by atoms with Gasteiger partial charge in [-0.05, 0) is 18.9 Å². The van der Waals surface area contributed by atoms with Gasteiger partial charge >= 0.3 is 10.2 Å². The molecule has 78 valence electrons. The fourth-order valence-electron chi connectivity index (χ4n) is 1.21. The van der Waals surface area contributed by atoms with Gasteiger partial charge in [-0.25, -0.2) is 0 Å². The summed E-state index contributed by atoms with van der Waals surface area (Å²) in [5.74, 6) is 0.480. The second-order valence-electron chi connectivity index (χ2n) is 3.68. The molecule has 0 radical (unpaired) electrons. The standard InChI is InChI=1S/C8H13N3O2S/c1-10(2)14(12,13)11-6-5-8(9-11)7-3-4-7/h5-7H,3-4H2,1-2H3. The van der Waals surface area contributed by atoms with Crippen molar-refractivity contribution >= 4 is 10.2 Å².